The highest BCUT2D eigenvalue weighted by Gasteiger charge is 2.24. The molecule has 8 heteroatoms. The van der Waals surface area contributed by atoms with Gasteiger partial charge in [0.2, 0.25) is 5.91 Å². The summed E-state index contributed by atoms with van der Waals surface area (Å²) in [7, 11) is 2.15. The lowest BCUT2D eigenvalue weighted by atomic mass is 10.1. The number of nitrogens with zero attached hydrogens (tertiary/aromatic N) is 4. The minimum atomic E-state index is -0.135. The number of aryl methyl sites for hydroxylation is 1. The third-order valence-electron chi connectivity index (χ3n) is 6.38. The number of pyridine rings is 1. The summed E-state index contributed by atoms with van der Waals surface area (Å²) in [4.78, 5) is 20.7. The SMILES string of the molecule is Cc1cc(CC(=O)Nc2cnn(C(C)(C)C)c2)ccc1Oc1ccnc2ccc(SC3CN(C)C3)cc12. The average Bonchev–Trinajstić information content (AvgIpc) is 3.29. The minimum absolute atomic E-state index is 0.0793. The Morgan fingerprint density at radius 3 is 2.65 bits per heavy atom. The molecule has 1 aliphatic heterocycles. The number of likely N-dealkylation sites (tertiary alicyclic amines) is 1. The molecule has 4 aromatic rings. The van der Waals surface area contributed by atoms with Crippen molar-refractivity contribution >= 4 is 34.3 Å². The van der Waals surface area contributed by atoms with Gasteiger partial charge in [-0.15, -0.1) is 11.8 Å². The van der Waals surface area contributed by atoms with E-state index in [1.807, 2.05) is 53.8 Å². The van der Waals surface area contributed by atoms with Gasteiger partial charge in [0.25, 0.3) is 0 Å². The van der Waals surface area contributed by atoms with Crippen LogP contribution in [-0.2, 0) is 16.8 Å². The summed E-state index contributed by atoms with van der Waals surface area (Å²) in [5.74, 6) is 1.47. The molecule has 0 unspecified atom stereocenters. The van der Waals surface area contributed by atoms with Crippen LogP contribution < -0.4 is 10.1 Å². The van der Waals surface area contributed by atoms with Crippen molar-refractivity contribution in [3.8, 4) is 11.5 Å². The Labute approximate surface area is 222 Å². The molecule has 1 amide bonds. The second-order valence-electron chi connectivity index (χ2n) is 10.7. The summed E-state index contributed by atoms with van der Waals surface area (Å²) >= 11 is 1.91. The molecule has 2 aromatic carbocycles. The highest BCUT2D eigenvalue weighted by atomic mass is 32.2. The van der Waals surface area contributed by atoms with Gasteiger partial charge in [0.15, 0.2) is 0 Å². The molecule has 0 aliphatic carbocycles. The zero-order valence-corrected chi connectivity index (χ0v) is 22.8. The molecule has 0 spiro atoms. The number of hydrogen-bond acceptors (Lipinski definition) is 6. The number of aromatic nitrogens is 3. The smallest absolute Gasteiger partial charge is 0.228 e. The second-order valence-corrected chi connectivity index (χ2v) is 12.1. The number of thioether (sulfide) groups is 1. The van der Waals surface area contributed by atoms with E-state index in [0.29, 0.717) is 10.9 Å². The van der Waals surface area contributed by atoms with Crippen LogP contribution in [0.15, 0.2) is 66.0 Å². The maximum absolute atomic E-state index is 12.6. The van der Waals surface area contributed by atoms with E-state index in [1.54, 1.807) is 12.4 Å². The third-order valence-corrected chi connectivity index (χ3v) is 7.54. The van der Waals surface area contributed by atoms with Gasteiger partial charge in [0.1, 0.15) is 11.5 Å². The first-order valence-electron chi connectivity index (χ1n) is 12.5. The van der Waals surface area contributed by atoms with Crippen molar-refractivity contribution in [1.82, 2.24) is 19.7 Å². The Morgan fingerprint density at radius 2 is 1.95 bits per heavy atom. The molecule has 1 fully saturated rings. The predicted octanol–water partition coefficient (Wildman–Crippen LogP) is 5.87. The molecule has 37 heavy (non-hydrogen) atoms. The Kier molecular flexibility index (Phi) is 6.96. The molecule has 7 nitrogen and oxygen atoms in total. The maximum atomic E-state index is 12.6. The van der Waals surface area contributed by atoms with E-state index in [1.165, 1.54) is 4.90 Å². The van der Waals surface area contributed by atoms with Crippen molar-refractivity contribution in [1.29, 1.82) is 0 Å². The number of fused-ring (bicyclic) bond motifs is 1. The molecule has 192 valence electrons. The van der Waals surface area contributed by atoms with Crippen LogP contribution in [0.5, 0.6) is 11.5 Å². The van der Waals surface area contributed by atoms with Crippen LogP contribution in [0.1, 0.15) is 31.9 Å². The van der Waals surface area contributed by atoms with Gasteiger partial charge in [-0.2, -0.15) is 5.10 Å². The molecule has 0 saturated carbocycles. The fourth-order valence-electron chi connectivity index (χ4n) is 4.37. The number of amides is 1. The molecule has 1 N–H and O–H groups in total. The zero-order valence-electron chi connectivity index (χ0n) is 22.0. The Morgan fingerprint density at radius 1 is 1.14 bits per heavy atom. The van der Waals surface area contributed by atoms with E-state index in [9.17, 15) is 4.79 Å². The molecule has 1 aliphatic rings. The average molecular weight is 516 g/mol. The number of benzene rings is 2. The van der Waals surface area contributed by atoms with Crippen molar-refractivity contribution in [2.75, 3.05) is 25.5 Å². The highest BCUT2D eigenvalue weighted by molar-refractivity contribution is 8.00. The molecule has 3 heterocycles. The first kappa shape index (κ1) is 25.3. The Balaban J connectivity index is 1.27. The van der Waals surface area contributed by atoms with Crippen LogP contribution in [0.4, 0.5) is 5.69 Å². The third kappa shape index (κ3) is 5.97. The van der Waals surface area contributed by atoms with Crippen LogP contribution in [-0.4, -0.2) is 51.0 Å². The Bertz CT molecular complexity index is 1440. The summed E-state index contributed by atoms with van der Waals surface area (Å²) in [6, 6.07) is 14.2. The summed E-state index contributed by atoms with van der Waals surface area (Å²) < 4.78 is 8.20. The van der Waals surface area contributed by atoms with Crippen molar-refractivity contribution in [3.05, 3.63) is 72.2 Å². The fraction of sp³-hybridized carbons (Fsp3) is 0.345. The number of rotatable bonds is 7. The van der Waals surface area contributed by atoms with Gasteiger partial charge in [-0.05, 0) is 76.2 Å². The largest absolute Gasteiger partial charge is 0.456 e. The van der Waals surface area contributed by atoms with Gasteiger partial charge in [0, 0.05) is 41.0 Å². The van der Waals surface area contributed by atoms with Crippen LogP contribution in [0.25, 0.3) is 10.9 Å². The van der Waals surface area contributed by atoms with E-state index >= 15 is 0 Å². The second kappa shape index (κ2) is 10.2. The fourth-order valence-corrected chi connectivity index (χ4v) is 5.75. The molecule has 0 bridgehead atoms. The van der Waals surface area contributed by atoms with E-state index in [4.69, 9.17) is 4.74 Å². The lowest BCUT2D eigenvalue weighted by molar-refractivity contribution is -0.115. The van der Waals surface area contributed by atoms with Gasteiger partial charge in [-0.25, -0.2) is 0 Å². The normalized spacial score (nSPS) is 14.5. The highest BCUT2D eigenvalue weighted by Crippen LogP contribution is 2.35. The van der Waals surface area contributed by atoms with Crippen LogP contribution in [0.3, 0.4) is 0 Å². The predicted molar refractivity (Wildman–Crippen MR) is 150 cm³/mol. The first-order valence-corrected chi connectivity index (χ1v) is 13.4. The minimum Gasteiger partial charge on any atom is -0.456 e. The van der Waals surface area contributed by atoms with Crippen LogP contribution in [0, 0.1) is 6.92 Å². The monoisotopic (exact) mass is 515 g/mol. The van der Waals surface area contributed by atoms with Crippen LogP contribution in [0.2, 0.25) is 0 Å². The maximum Gasteiger partial charge on any atom is 0.228 e. The van der Waals surface area contributed by atoms with Gasteiger partial charge >= 0.3 is 0 Å². The van der Waals surface area contributed by atoms with Gasteiger partial charge < -0.3 is 15.0 Å². The number of anilines is 1. The molecule has 0 atom stereocenters. The molecule has 1 saturated heterocycles. The van der Waals surface area contributed by atoms with Gasteiger partial charge in [0.05, 0.1) is 29.4 Å². The number of ether oxygens (including phenoxy) is 1. The molecular weight excluding hydrogens is 482 g/mol. The molecular formula is C29H33N5O2S. The number of carbonyl (C=O) groups excluding carboxylic acids is 1. The topological polar surface area (TPSA) is 72.3 Å². The lowest BCUT2D eigenvalue weighted by Crippen LogP contribution is -2.45. The summed E-state index contributed by atoms with van der Waals surface area (Å²) in [5.41, 5.74) is 3.37. The van der Waals surface area contributed by atoms with Gasteiger partial charge in [-0.1, -0.05) is 12.1 Å². The lowest BCUT2D eigenvalue weighted by Gasteiger charge is -2.35. The van der Waals surface area contributed by atoms with E-state index < -0.39 is 0 Å². The summed E-state index contributed by atoms with van der Waals surface area (Å²) in [5, 5.41) is 8.91. The van der Waals surface area contributed by atoms with Crippen molar-refractivity contribution < 1.29 is 9.53 Å². The number of nitrogens with one attached hydrogen (secondary N) is 1. The summed E-state index contributed by atoms with van der Waals surface area (Å²) in [6.07, 6.45) is 5.59. The van der Waals surface area contributed by atoms with Crippen molar-refractivity contribution in [3.63, 3.8) is 0 Å². The quantitative estimate of drug-likeness (QED) is 0.332. The zero-order chi connectivity index (χ0) is 26.2. The number of hydrogen-bond donors (Lipinski definition) is 1. The molecule has 2 aromatic heterocycles. The first-order chi connectivity index (χ1) is 17.6. The van der Waals surface area contributed by atoms with Crippen molar-refractivity contribution in [2.45, 2.75) is 49.8 Å². The molecule has 5 rings (SSSR count). The van der Waals surface area contributed by atoms with E-state index in [0.717, 1.165) is 46.6 Å². The van der Waals surface area contributed by atoms with Crippen LogP contribution >= 0.6 is 11.8 Å². The summed E-state index contributed by atoms with van der Waals surface area (Å²) in [6.45, 7) is 10.4. The van der Waals surface area contributed by atoms with Gasteiger partial charge in [-0.3, -0.25) is 14.5 Å². The number of carbonyl (C=O) groups is 1. The Hall–Kier alpha value is -3.36. The van der Waals surface area contributed by atoms with E-state index in [-0.39, 0.29) is 17.9 Å². The van der Waals surface area contributed by atoms with E-state index in [2.05, 4.69) is 66.3 Å². The standard InChI is InChI=1S/C29H33N5O2S/c1-19-12-20(13-28(35)32-21-15-31-34(16-21)29(2,3)4)6-9-26(19)36-27-10-11-30-25-8-7-22(14-24(25)27)37-23-17-33(5)18-23/h6-12,14-16,23H,13,17-18H2,1-5H3,(H,32,35). The molecule has 0 radical (unpaired) electrons. The van der Waals surface area contributed by atoms with Crippen molar-refractivity contribution in [2.24, 2.45) is 0 Å².